The van der Waals surface area contributed by atoms with E-state index in [1.165, 1.54) is 11.1 Å². The van der Waals surface area contributed by atoms with Crippen LogP contribution in [0.5, 0.6) is 0 Å². The SMILES string of the molecule is CC(C)(C)c1cc(C(C)(C)C)c(C(C)(C)C)c(C(C)(C)C)c1C(C)(C)C.[SnH4].[SnH4]. The molecule has 0 bridgehead atoms. The maximum atomic E-state index is 2.55. The summed E-state index contributed by atoms with van der Waals surface area (Å²) in [5, 5.41) is 0. The van der Waals surface area contributed by atoms with Gasteiger partial charge in [0.05, 0.1) is 0 Å². The van der Waals surface area contributed by atoms with Gasteiger partial charge < -0.3 is 0 Å². The van der Waals surface area contributed by atoms with Crippen LogP contribution in [0.4, 0.5) is 0 Å². The fourth-order valence-electron chi connectivity index (χ4n) is 4.17. The van der Waals surface area contributed by atoms with Gasteiger partial charge in [-0.15, -0.1) is 0 Å². The molecule has 0 aliphatic rings. The van der Waals surface area contributed by atoms with Crippen molar-refractivity contribution >= 4 is 47.8 Å². The Labute approximate surface area is 211 Å². The predicted octanol–water partition coefficient (Wildman–Crippen LogP) is 5.27. The average molecular weight is 604 g/mol. The van der Waals surface area contributed by atoms with Crippen molar-refractivity contribution in [1.29, 1.82) is 0 Å². The number of rotatable bonds is 0. The first-order valence-electron chi connectivity index (χ1n) is 10.3. The van der Waals surface area contributed by atoms with Gasteiger partial charge in [0.15, 0.2) is 0 Å². The first-order valence-corrected chi connectivity index (χ1v) is 10.3. The monoisotopic (exact) mass is 606 g/mol. The Hall–Kier alpha value is 0.817. The van der Waals surface area contributed by atoms with E-state index in [2.05, 4.69) is 110 Å². The van der Waals surface area contributed by atoms with Crippen molar-refractivity contribution < 1.29 is 0 Å². The van der Waals surface area contributed by atoms with E-state index in [0.717, 1.165) is 0 Å². The molecule has 28 heavy (non-hydrogen) atoms. The number of benzene rings is 1. The molecule has 0 amide bonds. The molecule has 0 radical (unpaired) electrons. The minimum absolute atomic E-state index is 0. The van der Waals surface area contributed by atoms with E-state index < -0.39 is 0 Å². The van der Waals surface area contributed by atoms with Crippen LogP contribution in [0.25, 0.3) is 0 Å². The zero-order chi connectivity index (χ0) is 21.1. The second-order valence-corrected chi connectivity index (χ2v) is 13.3. The molecule has 0 heterocycles. The van der Waals surface area contributed by atoms with Crippen LogP contribution in [-0.4, -0.2) is 47.8 Å². The molecule has 0 nitrogen and oxygen atoms in total. The second-order valence-electron chi connectivity index (χ2n) is 13.3. The Bertz CT molecular complexity index is 611. The van der Waals surface area contributed by atoms with Gasteiger partial charge in [-0.05, 0) is 54.9 Å². The van der Waals surface area contributed by atoms with E-state index in [0.29, 0.717) is 0 Å². The molecule has 0 aromatic heterocycles. The Morgan fingerprint density at radius 2 is 0.571 bits per heavy atom. The summed E-state index contributed by atoms with van der Waals surface area (Å²) < 4.78 is 0. The van der Waals surface area contributed by atoms with Gasteiger partial charge in [-0.3, -0.25) is 0 Å². The Balaban J connectivity index is 0. The summed E-state index contributed by atoms with van der Waals surface area (Å²) >= 11 is 0. The number of hydrogen-bond acceptors (Lipinski definition) is 0. The summed E-state index contributed by atoms with van der Waals surface area (Å²) in [7, 11) is 0. The maximum absolute atomic E-state index is 2.55. The first kappa shape index (κ1) is 31.0. The van der Waals surface area contributed by atoms with Crippen molar-refractivity contribution in [2.24, 2.45) is 0 Å². The van der Waals surface area contributed by atoms with E-state index in [1.54, 1.807) is 16.7 Å². The van der Waals surface area contributed by atoms with E-state index in [9.17, 15) is 0 Å². The van der Waals surface area contributed by atoms with Crippen molar-refractivity contribution in [3.05, 3.63) is 33.9 Å². The van der Waals surface area contributed by atoms with Gasteiger partial charge in [0.2, 0.25) is 0 Å². The Morgan fingerprint density at radius 1 is 0.357 bits per heavy atom. The molecule has 1 rings (SSSR count). The predicted molar refractivity (Wildman–Crippen MR) is 143 cm³/mol. The van der Waals surface area contributed by atoms with Gasteiger partial charge >= 0.3 is 47.8 Å². The summed E-state index contributed by atoms with van der Waals surface area (Å²) in [5.41, 5.74) is 8.33. The molecule has 0 saturated carbocycles. The first-order chi connectivity index (χ1) is 11.1. The van der Waals surface area contributed by atoms with E-state index in [-0.39, 0.29) is 74.9 Å². The molecule has 1 aromatic carbocycles. The van der Waals surface area contributed by atoms with Crippen LogP contribution in [0.2, 0.25) is 0 Å². The minimum atomic E-state index is 0. The van der Waals surface area contributed by atoms with Crippen LogP contribution in [0.15, 0.2) is 6.07 Å². The zero-order valence-electron chi connectivity index (χ0n) is 20.6. The van der Waals surface area contributed by atoms with Crippen LogP contribution in [-0.2, 0) is 27.1 Å². The van der Waals surface area contributed by atoms with Crippen molar-refractivity contribution in [3.8, 4) is 0 Å². The van der Waals surface area contributed by atoms with Gasteiger partial charge in [-0.2, -0.15) is 0 Å². The van der Waals surface area contributed by atoms with E-state index >= 15 is 0 Å². The van der Waals surface area contributed by atoms with Crippen molar-refractivity contribution in [1.82, 2.24) is 0 Å². The molecule has 0 fully saturated rings. The van der Waals surface area contributed by atoms with E-state index in [4.69, 9.17) is 0 Å². The molecule has 0 N–H and O–H groups in total. The quantitative estimate of drug-likeness (QED) is 0.355. The van der Waals surface area contributed by atoms with Crippen molar-refractivity contribution in [2.45, 2.75) is 131 Å². The van der Waals surface area contributed by atoms with Crippen LogP contribution < -0.4 is 0 Å². The molecule has 0 aliphatic heterocycles. The molecule has 166 valence electrons. The Morgan fingerprint density at radius 3 is 0.714 bits per heavy atom. The fraction of sp³-hybridized carbons (Fsp3) is 0.769. The van der Waals surface area contributed by atoms with Crippen molar-refractivity contribution in [2.75, 3.05) is 0 Å². The summed E-state index contributed by atoms with van der Waals surface area (Å²) in [6.45, 7) is 35.7. The topological polar surface area (TPSA) is 0 Å². The molecule has 1 aromatic rings. The van der Waals surface area contributed by atoms with Gasteiger partial charge in [-0.1, -0.05) is 110 Å². The van der Waals surface area contributed by atoms with Crippen LogP contribution >= 0.6 is 0 Å². The average Bonchev–Trinajstić information content (AvgIpc) is 2.30. The normalized spacial score (nSPS) is 13.7. The second kappa shape index (κ2) is 9.13. The summed E-state index contributed by atoms with van der Waals surface area (Å²) in [5.74, 6) is 0. The molecule has 0 atom stereocenters. The molecule has 0 saturated heterocycles. The van der Waals surface area contributed by atoms with Gasteiger partial charge in [0, 0.05) is 0 Å². The fourth-order valence-corrected chi connectivity index (χ4v) is 4.17. The van der Waals surface area contributed by atoms with Gasteiger partial charge in [0.25, 0.3) is 0 Å². The van der Waals surface area contributed by atoms with Crippen LogP contribution in [0, 0.1) is 0 Å². The molecule has 0 spiro atoms. The third kappa shape index (κ3) is 6.92. The molecular weight excluding hydrogens is 550 g/mol. The molecule has 0 unspecified atom stereocenters. The number of hydrogen-bond donors (Lipinski definition) is 0. The van der Waals surface area contributed by atoms with Gasteiger partial charge in [0.1, 0.15) is 0 Å². The third-order valence-electron chi connectivity index (χ3n) is 5.19. The van der Waals surface area contributed by atoms with Crippen LogP contribution in [0.1, 0.15) is 132 Å². The summed E-state index contributed by atoms with van der Waals surface area (Å²) in [6, 6.07) is 2.55. The molecule has 0 aliphatic carbocycles. The third-order valence-corrected chi connectivity index (χ3v) is 5.19. The Kier molecular flexibility index (Phi) is 10.1. The van der Waals surface area contributed by atoms with Crippen LogP contribution in [0.3, 0.4) is 0 Å². The molecular formula is C26H54Sn2. The standard InChI is InChI=1S/C26H46.2Sn.8H/c1-22(2,3)17-16-18(23(4,5)6)20(25(10,11)12)21(26(13,14)15)19(17)24(7,8)9;;;;;;;;;;/h16H,1-15H3;;;;;;;;;;. The van der Waals surface area contributed by atoms with E-state index in [1.807, 2.05) is 0 Å². The zero-order valence-corrected chi connectivity index (χ0v) is 20.6. The van der Waals surface area contributed by atoms with Gasteiger partial charge in [-0.25, -0.2) is 0 Å². The summed E-state index contributed by atoms with van der Waals surface area (Å²) in [4.78, 5) is 0. The molecule has 2 heteroatoms. The van der Waals surface area contributed by atoms with Crippen molar-refractivity contribution in [3.63, 3.8) is 0 Å². The summed E-state index contributed by atoms with van der Waals surface area (Å²) in [6.07, 6.45) is 0.